The maximum atomic E-state index is 12.5. The van der Waals surface area contributed by atoms with Gasteiger partial charge in [0.2, 0.25) is 0 Å². The monoisotopic (exact) mass is 352 g/mol. The highest BCUT2D eigenvalue weighted by Gasteiger charge is 2.26. The summed E-state index contributed by atoms with van der Waals surface area (Å²) in [5.41, 5.74) is 5.41. The van der Waals surface area contributed by atoms with Crippen LogP contribution in [0.3, 0.4) is 0 Å². The summed E-state index contributed by atoms with van der Waals surface area (Å²) in [5, 5.41) is 0. The number of nitrogens with zero attached hydrogens (tertiary/aromatic N) is 2. The summed E-state index contributed by atoms with van der Waals surface area (Å²) in [6.45, 7) is 2.78. The van der Waals surface area contributed by atoms with Gasteiger partial charge < -0.3 is 4.90 Å². The second-order valence-corrected chi connectivity index (χ2v) is 6.60. The number of amidine groups is 1. The number of rotatable bonds is 3. The van der Waals surface area contributed by atoms with E-state index in [0.717, 1.165) is 16.8 Å². The first kappa shape index (κ1) is 17.0. The molecule has 0 spiro atoms. The average molecular weight is 352 g/mol. The fraction of sp³-hybridized carbons (Fsp3) is 0.0833. The molecule has 4 rings (SSSR count). The van der Waals surface area contributed by atoms with Crippen LogP contribution in [0.2, 0.25) is 0 Å². The smallest absolute Gasteiger partial charge is 0.271 e. The Morgan fingerprint density at radius 1 is 0.926 bits per heavy atom. The number of carbonyl (C=O) groups is 1. The summed E-state index contributed by atoms with van der Waals surface area (Å²) in [7, 11) is 0. The molecule has 132 valence electrons. The average Bonchev–Trinajstić information content (AvgIpc) is 3.06. The van der Waals surface area contributed by atoms with Crippen LogP contribution in [-0.2, 0) is 11.3 Å². The van der Waals surface area contributed by atoms with E-state index in [1.807, 2.05) is 48.5 Å². The number of benzene rings is 3. The van der Waals surface area contributed by atoms with Crippen molar-refractivity contribution in [3.05, 3.63) is 107 Å². The van der Waals surface area contributed by atoms with Gasteiger partial charge in [-0.15, -0.1) is 0 Å². The lowest BCUT2D eigenvalue weighted by Gasteiger charge is -2.19. The van der Waals surface area contributed by atoms with E-state index in [1.165, 1.54) is 17.2 Å². The van der Waals surface area contributed by atoms with Gasteiger partial charge in [-0.05, 0) is 36.3 Å². The van der Waals surface area contributed by atoms with Crippen molar-refractivity contribution in [2.75, 3.05) is 4.90 Å². The quantitative estimate of drug-likeness (QED) is 0.621. The SMILES string of the molecule is Cc1ccc(N2Cc3ccccc3C2=NC(=O)/C=C/c2ccccc2)cc1. The van der Waals surface area contributed by atoms with E-state index in [4.69, 9.17) is 0 Å². The molecule has 3 aromatic rings. The van der Waals surface area contributed by atoms with Gasteiger partial charge in [0.05, 0.1) is 6.54 Å². The van der Waals surface area contributed by atoms with Gasteiger partial charge >= 0.3 is 0 Å². The molecule has 0 aromatic heterocycles. The summed E-state index contributed by atoms with van der Waals surface area (Å²) >= 11 is 0. The summed E-state index contributed by atoms with van der Waals surface area (Å²) in [6, 6.07) is 26.2. The summed E-state index contributed by atoms with van der Waals surface area (Å²) in [5.74, 6) is 0.444. The topological polar surface area (TPSA) is 32.7 Å². The highest BCUT2D eigenvalue weighted by atomic mass is 16.1. The molecule has 0 radical (unpaired) electrons. The van der Waals surface area contributed by atoms with E-state index in [1.54, 1.807) is 6.08 Å². The maximum Gasteiger partial charge on any atom is 0.271 e. The van der Waals surface area contributed by atoms with Crippen LogP contribution in [0, 0.1) is 6.92 Å². The second-order valence-electron chi connectivity index (χ2n) is 6.60. The summed E-state index contributed by atoms with van der Waals surface area (Å²) in [6.07, 6.45) is 3.32. The van der Waals surface area contributed by atoms with Crippen LogP contribution in [0.1, 0.15) is 22.3 Å². The summed E-state index contributed by atoms with van der Waals surface area (Å²) in [4.78, 5) is 19.0. The Bertz CT molecular complexity index is 1020. The fourth-order valence-electron chi connectivity index (χ4n) is 3.20. The Labute approximate surface area is 159 Å². The molecule has 3 nitrogen and oxygen atoms in total. The van der Waals surface area contributed by atoms with Gasteiger partial charge in [0.25, 0.3) is 5.91 Å². The van der Waals surface area contributed by atoms with E-state index < -0.39 is 0 Å². The molecule has 1 aliphatic heterocycles. The number of hydrogen-bond acceptors (Lipinski definition) is 1. The molecule has 0 bridgehead atoms. The molecule has 3 aromatic carbocycles. The zero-order valence-corrected chi connectivity index (χ0v) is 15.2. The van der Waals surface area contributed by atoms with Gasteiger partial charge in [-0.25, -0.2) is 0 Å². The lowest BCUT2D eigenvalue weighted by atomic mass is 10.1. The van der Waals surface area contributed by atoms with Crippen LogP contribution in [0.4, 0.5) is 5.69 Å². The van der Waals surface area contributed by atoms with E-state index >= 15 is 0 Å². The molecule has 3 heteroatoms. The van der Waals surface area contributed by atoms with Crippen LogP contribution < -0.4 is 4.90 Å². The molecule has 0 N–H and O–H groups in total. The molecule has 1 amide bonds. The predicted molar refractivity (Wildman–Crippen MR) is 111 cm³/mol. The number of anilines is 1. The number of fused-ring (bicyclic) bond motifs is 1. The lowest BCUT2D eigenvalue weighted by Crippen LogP contribution is -2.25. The molecule has 1 aliphatic rings. The predicted octanol–water partition coefficient (Wildman–Crippen LogP) is 5.00. The Morgan fingerprint density at radius 2 is 1.63 bits per heavy atom. The van der Waals surface area contributed by atoms with Crippen LogP contribution in [0.15, 0.2) is 89.9 Å². The van der Waals surface area contributed by atoms with E-state index in [9.17, 15) is 4.79 Å². The normalized spacial score (nSPS) is 14.7. The largest absolute Gasteiger partial charge is 0.321 e. The van der Waals surface area contributed by atoms with Crippen molar-refractivity contribution in [2.45, 2.75) is 13.5 Å². The van der Waals surface area contributed by atoms with Gasteiger partial charge in [-0.3, -0.25) is 4.79 Å². The van der Waals surface area contributed by atoms with Crippen LogP contribution in [0.25, 0.3) is 6.08 Å². The van der Waals surface area contributed by atoms with Crippen LogP contribution in [-0.4, -0.2) is 11.7 Å². The number of hydrogen-bond donors (Lipinski definition) is 0. The Morgan fingerprint density at radius 3 is 2.41 bits per heavy atom. The van der Waals surface area contributed by atoms with Crippen molar-refractivity contribution < 1.29 is 4.79 Å². The molecule has 0 aliphatic carbocycles. The zero-order chi connectivity index (χ0) is 18.6. The van der Waals surface area contributed by atoms with E-state index in [-0.39, 0.29) is 5.91 Å². The van der Waals surface area contributed by atoms with Crippen molar-refractivity contribution in [1.29, 1.82) is 0 Å². The minimum Gasteiger partial charge on any atom is -0.321 e. The first-order valence-electron chi connectivity index (χ1n) is 8.99. The van der Waals surface area contributed by atoms with Crippen molar-refractivity contribution >= 4 is 23.5 Å². The second kappa shape index (κ2) is 7.42. The number of carbonyl (C=O) groups excluding carboxylic acids is 1. The van der Waals surface area contributed by atoms with Crippen molar-refractivity contribution in [3.63, 3.8) is 0 Å². The van der Waals surface area contributed by atoms with Gasteiger partial charge in [0.15, 0.2) is 0 Å². The molecule has 0 saturated carbocycles. The number of aliphatic imine (C=N–C) groups is 1. The third-order valence-electron chi connectivity index (χ3n) is 4.62. The van der Waals surface area contributed by atoms with Crippen molar-refractivity contribution in [2.24, 2.45) is 4.99 Å². The summed E-state index contributed by atoms with van der Waals surface area (Å²) < 4.78 is 0. The molecule has 0 atom stereocenters. The first-order chi connectivity index (χ1) is 13.2. The van der Waals surface area contributed by atoms with Crippen molar-refractivity contribution in [1.82, 2.24) is 0 Å². The van der Waals surface area contributed by atoms with Crippen LogP contribution in [0.5, 0.6) is 0 Å². The lowest BCUT2D eigenvalue weighted by molar-refractivity contribution is -0.113. The highest BCUT2D eigenvalue weighted by molar-refractivity contribution is 6.18. The highest BCUT2D eigenvalue weighted by Crippen LogP contribution is 2.29. The number of amides is 1. The molecular formula is C24H20N2O. The molecule has 0 unspecified atom stereocenters. The third kappa shape index (κ3) is 3.72. The van der Waals surface area contributed by atoms with Gasteiger partial charge in [0.1, 0.15) is 5.84 Å². The number of aryl methyl sites for hydroxylation is 1. The molecule has 27 heavy (non-hydrogen) atoms. The van der Waals surface area contributed by atoms with Crippen molar-refractivity contribution in [3.8, 4) is 0 Å². The molecular weight excluding hydrogens is 332 g/mol. The Hall–Kier alpha value is -3.46. The van der Waals surface area contributed by atoms with Gasteiger partial charge in [-0.2, -0.15) is 4.99 Å². The standard InChI is InChI=1S/C24H20N2O/c1-18-11-14-21(15-12-18)26-17-20-9-5-6-10-22(20)24(26)25-23(27)16-13-19-7-3-2-4-8-19/h2-16H,17H2,1H3/b16-13+,25-24?. The first-order valence-corrected chi connectivity index (χ1v) is 8.99. The fourth-order valence-corrected chi connectivity index (χ4v) is 3.20. The third-order valence-corrected chi connectivity index (χ3v) is 4.62. The molecule has 0 saturated heterocycles. The van der Waals surface area contributed by atoms with Gasteiger partial charge in [-0.1, -0.05) is 72.3 Å². The minimum atomic E-state index is -0.261. The maximum absolute atomic E-state index is 12.5. The zero-order valence-electron chi connectivity index (χ0n) is 15.2. The van der Waals surface area contributed by atoms with Gasteiger partial charge in [0, 0.05) is 17.3 Å². The molecule has 1 heterocycles. The van der Waals surface area contributed by atoms with E-state index in [2.05, 4.69) is 47.1 Å². The minimum absolute atomic E-state index is 0.261. The molecule has 0 fully saturated rings. The Balaban J connectivity index is 1.67. The Kier molecular flexibility index (Phi) is 4.67. The van der Waals surface area contributed by atoms with Crippen LogP contribution >= 0.6 is 0 Å². The van der Waals surface area contributed by atoms with E-state index in [0.29, 0.717) is 12.4 Å².